The number of benzene rings is 1. The lowest BCUT2D eigenvalue weighted by molar-refractivity contribution is 0.0945. The van der Waals surface area contributed by atoms with Crippen LogP contribution in [0.2, 0.25) is 0 Å². The minimum atomic E-state index is -0.319. The Labute approximate surface area is 144 Å². The normalized spacial score (nSPS) is 9.88. The van der Waals surface area contributed by atoms with Crippen LogP contribution in [0.15, 0.2) is 60.9 Å². The van der Waals surface area contributed by atoms with Gasteiger partial charge in [0.25, 0.3) is 5.91 Å². The molecule has 0 saturated carbocycles. The summed E-state index contributed by atoms with van der Waals surface area (Å²) in [5.74, 6) is 0.131. The zero-order valence-corrected chi connectivity index (χ0v) is 13.2. The van der Waals surface area contributed by atoms with Crippen LogP contribution in [-0.2, 0) is 6.54 Å². The van der Waals surface area contributed by atoms with Gasteiger partial charge in [0, 0.05) is 18.9 Å². The zero-order valence-electron chi connectivity index (χ0n) is 13.2. The molecule has 0 aliphatic heterocycles. The van der Waals surface area contributed by atoms with Crippen molar-refractivity contribution < 1.29 is 4.79 Å². The Morgan fingerprint density at radius 3 is 2.68 bits per heavy atom. The fourth-order valence-electron chi connectivity index (χ4n) is 2.12. The number of nitriles is 1. The highest BCUT2D eigenvalue weighted by atomic mass is 16.1. The molecule has 0 saturated heterocycles. The van der Waals surface area contributed by atoms with Crippen molar-refractivity contribution in [3.63, 3.8) is 0 Å². The first-order chi connectivity index (χ1) is 12.3. The lowest BCUT2D eigenvalue weighted by Crippen LogP contribution is -2.24. The molecule has 0 spiro atoms. The summed E-state index contributed by atoms with van der Waals surface area (Å²) in [6.07, 6.45) is 3.36. The van der Waals surface area contributed by atoms with Crippen molar-refractivity contribution in [2.45, 2.75) is 6.54 Å². The highest BCUT2D eigenvalue weighted by molar-refractivity contribution is 5.92. The van der Waals surface area contributed by atoms with Crippen LogP contribution >= 0.6 is 0 Å². The fraction of sp³-hybridized carbons (Fsp3) is 0.0556. The van der Waals surface area contributed by atoms with Crippen LogP contribution in [-0.4, -0.2) is 21.1 Å². The van der Waals surface area contributed by atoms with E-state index in [1.54, 1.807) is 48.8 Å². The van der Waals surface area contributed by atoms with Crippen LogP contribution in [0.1, 0.15) is 21.6 Å². The maximum absolute atomic E-state index is 12.1. The van der Waals surface area contributed by atoms with Gasteiger partial charge >= 0.3 is 0 Å². The summed E-state index contributed by atoms with van der Waals surface area (Å²) in [5, 5.41) is 22.8. The third-order valence-corrected chi connectivity index (χ3v) is 3.38. The molecule has 2 heterocycles. The van der Waals surface area contributed by atoms with Gasteiger partial charge in [0.15, 0.2) is 11.5 Å². The molecule has 7 heteroatoms. The monoisotopic (exact) mass is 330 g/mol. The van der Waals surface area contributed by atoms with Crippen molar-refractivity contribution in [3.05, 3.63) is 77.7 Å². The van der Waals surface area contributed by atoms with E-state index in [1.165, 1.54) is 0 Å². The van der Waals surface area contributed by atoms with Crippen molar-refractivity contribution in [3.8, 4) is 6.07 Å². The molecule has 0 fully saturated rings. The lowest BCUT2D eigenvalue weighted by atomic mass is 10.2. The number of hydrogen-bond acceptors (Lipinski definition) is 6. The van der Waals surface area contributed by atoms with Crippen LogP contribution in [0.3, 0.4) is 0 Å². The molecule has 122 valence electrons. The van der Waals surface area contributed by atoms with Crippen molar-refractivity contribution in [2.24, 2.45) is 0 Å². The summed E-state index contributed by atoms with van der Waals surface area (Å²) in [7, 11) is 0. The van der Waals surface area contributed by atoms with Crippen LogP contribution in [0.5, 0.6) is 0 Å². The van der Waals surface area contributed by atoms with Gasteiger partial charge in [-0.2, -0.15) is 5.26 Å². The van der Waals surface area contributed by atoms with E-state index in [9.17, 15) is 4.79 Å². The largest absolute Gasteiger partial charge is 0.347 e. The molecule has 2 N–H and O–H groups in total. The third-order valence-electron chi connectivity index (χ3n) is 3.38. The number of aromatic nitrogens is 3. The van der Waals surface area contributed by atoms with E-state index in [-0.39, 0.29) is 11.6 Å². The SMILES string of the molecule is N#Cc1ccccc1Nc1ccc(C(=O)NCc2cccnc2)nn1. The van der Waals surface area contributed by atoms with E-state index in [0.29, 0.717) is 23.6 Å². The van der Waals surface area contributed by atoms with E-state index >= 15 is 0 Å². The van der Waals surface area contributed by atoms with E-state index in [0.717, 1.165) is 5.56 Å². The van der Waals surface area contributed by atoms with Gasteiger partial charge in [-0.25, -0.2) is 0 Å². The van der Waals surface area contributed by atoms with Gasteiger partial charge in [-0.15, -0.1) is 10.2 Å². The highest BCUT2D eigenvalue weighted by Crippen LogP contribution is 2.18. The predicted molar refractivity (Wildman–Crippen MR) is 91.9 cm³/mol. The molecular weight excluding hydrogens is 316 g/mol. The smallest absolute Gasteiger partial charge is 0.272 e. The van der Waals surface area contributed by atoms with Crippen LogP contribution in [0.25, 0.3) is 0 Å². The number of hydrogen-bond donors (Lipinski definition) is 2. The number of rotatable bonds is 5. The number of pyridine rings is 1. The molecule has 0 radical (unpaired) electrons. The van der Waals surface area contributed by atoms with Crippen molar-refractivity contribution in [1.82, 2.24) is 20.5 Å². The molecule has 25 heavy (non-hydrogen) atoms. The number of anilines is 2. The Hall–Kier alpha value is -3.79. The minimum absolute atomic E-state index is 0.211. The first-order valence-electron chi connectivity index (χ1n) is 7.53. The van der Waals surface area contributed by atoms with Gasteiger partial charge in [-0.1, -0.05) is 18.2 Å². The molecule has 3 aromatic rings. The summed E-state index contributed by atoms with van der Waals surface area (Å²) in [6.45, 7) is 0.365. The van der Waals surface area contributed by atoms with Gasteiger partial charge in [0.05, 0.1) is 11.3 Å². The van der Waals surface area contributed by atoms with Crippen LogP contribution in [0, 0.1) is 11.3 Å². The summed E-state index contributed by atoms with van der Waals surface area (Å²) in [5.41, 5.74) is 2.24. The summed E-state index contributed by atoms with van der Waals surface area (Å²) in [6, 6.07) is 16.1. The van der Waals surface area contributed by atoms with Crippen molar-refractivity contribution in [2.75, 3.05) is 5.32 Å². The van der Waals surface area contributed by atoms with Gasteiger partial charge < -0.3 is 10.6 Å². The molecule has 0 aliphatic carbocycles. The maximum atomic E-state index is 12.1. The van der Waals surface area contributed by atoms with Crippen molar-refractivity contribution >= 4 is 17.4 Å². The predicted octanol–water partition coefficient (Wildman–Crippen LogP) is 2.42. The molecule has 2 aromatic heterocycles. The molecule has 0 unspecified atom stereocenters. The second-order valence-electron chi connectivity index (χ2n) is 5.13. The Kier molecular flexibility index (Phi) is 4.93. The molecule has 0 aliphatic rings. The number of carbonyl (C=O) groups excluding carboxylic acids is 1. The average molecular weight is 330 g/mol. The number of carbonyl (C=O) groups is 1. The van der Waals surface area contributed by atoms with Crippen LogP contribution in [0.4, 0.5) is 11.5 Å². The first-order valence-corrected chi connectivity index (χ1v) is 7.53. The van der Waals surface area contributed by atoms with E-state index < -0.39 is 0 Å². The molecule has 1 amide bonds. The van der Waals surface area contributed by atoms with Gasteiger partial charge in [0.1, 0.15) is 6.07 Å². The minimum Gasteiger partial charge on any atom is -0.347 e. The number of para-hydroxylation sites is 1. The van der Waals surface area contributed by atoms with Crippen molar-refractivity contribution in [1.29, 1.82) is 5.26 Å². The highest BCUT2D eigenvalue weighted by Gasteiger charge is 2.09. The van der Waals surface area contributed by atoms with Gasteiger partial charge in [-0.05, 0) is 35.9 Å². The molecule has 0 bridgehead atoms. The Morgan fingerprint density at radius 1 is 1.08 bits per heavy atom. The second kappa shape index (κ2) is 7.66. The van der Waals surface area contributed by atoms with E-state index in [2.05, 4.69) is 31.9 Å². The fourth-order valence-corrected chi connectivity index (χ4v) is 2.12. The second-order valence-corrected chi connectivity index (χ2v) is 5.13. The average Bonchev–Trinajstić information content (AvgIpc) is 2.68. The number of amides is 1. The molecule has 1 aromatic carbocycles. The summed E-state index contributed by atoms with van der Waals surface area (Å²) >= 11 is 0. The standard InChI is InChI=1S/C18H14N6O/c19-10-14-5-1-2-6-15(14)22-17-8-7-16(23-24-17)18(25)21-12-13-4-3-9-20-11-13/h1-9,11H,12H2,(H,21,25)(H,22,24). The lowest BCUT2D eigenvalue weighted by Gasteiger charge is -2.07. The van der Waals surface area contributed by atoms with E-state index in [1.807, 2.05) is 12.1 Å². The van der Waals surface area contributed by atoms with Gasteiger partial charge in [0.2, 0.25) is 0 Å². The molecule has 3 rings (SSSR count). The molecule has 7 nitrogen and oxygen atoms in total. The zero-order chi connectivity index (χ0) is 17.5. The topological polar surface area (TPSA) is 104 Å². The van der Waals surface area contributed by atoms with E-state index in [4.69, 9.17) is 5.26 Å². The maximum Gasteiger partial charge on any atom is 0.272 e. The number of nitrogens with one attached hydrogen (secondary N) is 2. The first kappa shape index (κ1) is 16.1. The quantitative estimate of drug-likeness (QED) is 0.744. The third kappa shape index (κ3) is 4.14. The summed E-state index contributed by atoms with van der Waals surface area (Å²) in [4.78, 5) is 16.1. The Morgan fingerprint density at radius 2 is 1.96 bits per heavy atom. The number of nitrogens with zero attached hydrogens (tertiary/aromatic N) is 4. The van der Waals surface area contributed by atoms with Gasteiger partial charge in [-0.3, -0.25) is 9.78 Å². The summed E-state index contributed by atoms with van der Waals surface area (Å²) < 4.78 is 0. The Bertz CT molecular complexity index is 903. The molecule has 0 atom stereocenters. The molecular formula is C18H14N6O. The Balaban J connectivity index is 1.64. The van der Waals surface area contributed by atoms with Crippen LogP contribution < -0.4 is 10.6 Å².